The van der Waals surface area contributed by atoms with E-state index in [9.17, 15) is 9.59 Å². The molecule has 0 aliphatic heterocycles. The zero-order valence-corrected chi connectivity index (χ0v) is 14.9. The number of ether oxygens (including phenoxy) is 2. The Labute approximate surface area is 151 Å². The van der Waals surface area contributed by atoms with Gasteiger partial charge in [-0.15, -0.1) is 0 Å². The van der Waals surface area contributed by atoms with Crippen molar-refractivity contribution in [1.82, 2.24) is 15.1 Å². The summed E-state index contributed by atoms with van der Waals surface area (Å²) in [6.45, 7) is 4.95. The molecule has 2 rings (SSSR count). The number of aliphatic carboxylic acids is 1. The van der Waals surface area contributed by atoms with Gasteiger partial charge in [0.25, 0.3) is 5.91 Å². The average Bonchev–Trinajstić information content (AvgIpc) is 3.05. The van der Waals surface area contributed by atoms with Crippen molar-refractivity contribution in [3.05, 3.63) is 41.7 Å². The number of carboxylic acids is 1. The molecule has 0 saturated carbocycles. The first-order chi connectivity index (χ1) is 12.5. The first-order valence-electron chi connectivity index (χ1n) is 8.45. The summed E-state index contributed by atoms with van der Waals surface area (Å²) in [7, 11) is 0. The van der Waals surface area contributed by atoms with E-state index in [2.05, 4.69) is 10.4 Å². The molecule has 1 amide bonds. The van der Waals surface area contributed by atoms with Gasteiger partial charge >= 0.3 is 5.97 Å². The van der Waals surface area contributed by atoms with Gasteiger partial charge in [0.05, 0.1) is 13.2 Å². The Morgan fingerprint density at radius 3 is 2.58 bits per heavy atom. The van der Waals surface area contributed by atoms with Crippen LogP contribution in [0, 0.1) is 0 Å². The fourth-order valence-corrected chi connectivity index (χ4v) is 2.44. The predicted octanol–water partition coefficient (Wildman–Crippen LogP) is 1.74. The van der Waals surface area contributed by atoms with Crippen molar-refractivity contribution in [2.75, 3.05) is 19.8 Å². The number of nitrogens with zero attached hydrogens (tertiary/aromatic N) is 2. The molecule has 0 fully saturated rings. The Kier molecular flexibility index (Phi) is 7.02. The molecular formula is C18H23N3O5. The highest BCUT2D eigenvalue weighted by Crippen LogP contribution is 2.28. The molecule has 1 aromatic heterocycles. The summed E-state index contributed by atoms with van der Waals surface area (Å²) in [4.78, 5) is 23.0. The summed E-state index contributed by atoms with van der Waals surface area (Å²) >= 11 is 0. The standard InChI is InChI=1S/C18H23N3O5/c1-3-25-15-6-5-13(11-16(15)26-4-2)7-9-19-18(24)14-8-10-20-21(14)12-17(22)23/h5-6,8,10-11H,3-4,7,9,12H2,1-2H3,(H,19,24)(H,22,23). The SMILES string of the molecule is CCOc1ccc(CCNC(=O)c2ccnn2CC(=O)O)cc1OCC. The van der Waals surface area contributed by atoms with Crippen molar-refractivity contribution >= 4 is 11.9 Å². The third kappa shape index (κ3) is 5.23. The number of hydrogen-bond acceptors (Lipinski definition) is 5. The summed E-state index contributed by atoms with van der Waals surface area (Å²) in [6, 6.07) is 7.17. The number of amides is 1. The van der Waals surface area contributed by atoms with Gasteiger partial charge in [0.1, 0.15) is 12.2 Å². The normalized spacial score (nSPS) is 10.4. The highest BCUT2D eigenvalue weighted by Gasteiger charge is 2.13. The number of rotatable bonds is 10. The van der Waals surface area contributed by atoms with Crippen LogP contribution in [0.25, 0.3) is 0 Å². The van der Waals surface area contributed by atoms with E-state index in [4.69, 9.17) is 14.6 Å². The molecule has 0 atom stereocenters. The van der Waals surface area contributed by atoms with E-state index in [1.807, 2.05) is 32.0 Å². The lowest BCUT2D eigenvalue weighted by Gasteiger charge is -2.12. The van der Waals surface area contributed by atoms with Crippen molar-refractivity contribution in [1.29, 1.82) is 0 Å². The molecule has 8 heteroatoms. The second kappa shape index (κ2) is 9.45. The molecular weight excluding hydrogens is 338 g/mol. The first kappa shape index (κ1) is 19.3. The summed E-state index contributed by atoms with van der Waals surface area (Å²) < 4.78 is 12.3. The number of nitrogens with one attached hydrogen (secondary N) is 1. The van der Waals surface area contributed by atoms with E-state index >= 15 is 0 Å². The van der Waals surface area contributed by atoms with Gasteiger partial charge in [-0.2, -0.15) is 5.10 Å². The molecule has 0 radical (unpaired) electrons. The molecule has 0 bridgehead atoms. The van der Waals surface area contributed by atoms with Crippen molar-refractivity contribution in [3.63, 3.8) is 0 Å². The summed E-state index contributed by atoms with van der Waals surface area (Å²) in [6.07, 6.45) is 2.00. The van der Waals surface area contributed by atoms with Crippen molar-refractivity contribution in [3.8, 4) is 11.5 Å². The molecule has 0 aliphatic rings. The number of carbonyl (C=O) groups is 2. The van der Waals surface area contributed by atoms with Crippen molar-refractivity contribution < 1.29 is 24.2 Å². The predicted molar refractivity (Wildman–Crippen MR) is 94.7 cm³/mol. The maximum Gasteiger partial charge on any atom is 0.325 e. The third-order valence-corrected chi connectivity index (χ3v) is 3.54. The zero-order valence-electron chi connectivity index (χ0n) is 14.9. The quantitative estimate of drug-likeness (QED) is 0.668. The minimum Gasteiger partial charge on any atom is -0.490 e. The monoisotopic (exact) mass is 361 g/mol. The smallest absolute Gasteiger partial charge is 0.325 e. The largest absolute Gasteiger partial charge is 0.490 e. The van der Waals surface area contributed by atoms with Crippen LogP contribution in [0.1, 0.15) is 29.9 Å². The van der Waals surface area contributed by atoms with Crippen LogP contribution in [-0.2, 0) is 17.8 Å². The molecule has 0 saturated heterocycles. The van der Waals surface area contributed by atoms with E-state index < -0.39 is 5.97 Å². The lowest BCUT2D eigenvalue weighted by Crippen LogP contribution is -2.29. The highest BCUT2D eigenvalue weighted by atomic mass is 16.5. The number of carbonyl (C=O) groups excluding carboxylic acids is 1. The molecule has 0 aliphatic carbocycles. The molecule has 1 heterocycles. The third-order valence-electron chi connectivity index (χ3n) is 3.54. The molecule has 140 valence electrons. The van der Waals surface area contributed by atoms with E-state index in [1.165, 1.54) is 12.3 Å². The van der Waals surface area contributed by atoms with E-state index in [-0.39, 0.29) is 18.1 Å². The number of hydrogen-bond donors (Lipinski definition) is 2. The van der Waals surface area contributed by atoms with Crippen LogP contribution in [-0.4, -0.2) is 46.5 Å². The molecule has 2 aromatic rings. The van der Waals surface area contributed by atoms with E-state index in [0.29, 0.717) is 37.7 Å². The minimum atomic E-state index is -1.06. The molecule has 1 aromatic carbocycles. The summed E-state index contributed by atoms with van der Waals surface area (Å²) in [5.41, 5.74) is 1.21. The Morgan fingerprint density at radius 2 is 1.88 bits per heavy atom. The lowest BCUT2D eigenvalue weighted by atomic mass is 10.1. The Hall–Kier alpha value is -3.03. The van der Waals surface area contributed by atoms with Crippen molar-refractivity contribution in [2.45, 2.75) is 26.8 Å². The molecule has 2 N–H and O–H groups in total. The second-order valence-corrected chi connectivity index (χ2v) is 5.42. The van der Waals surface area contributed by atoms with Gasteiger partial charge in [0.15, 0.2) is 11.5 Å². The van der Waals surface area contributed by atoms with Gasteiger partial charge in [-0.3, -0.25) is 9.59 Å². The lowest BCUT2D eigenvalue weighted by molar-refractivity contribution is -0.137. The molecule has 8 nitrogen and oxygen atoms in total. The van der Waals surface area contributed by atoms with Crippen LogP contribution >= 0.6 is 0 Å². The molecule has 26 heavy (non-hydrogen) atoms. The average molecular weight is 361 g/mol. The van der Waals surface area contributed by atoms with Crippen LogP contribution in [0.5, 0.6) is 11.5 Å². The second-order valence-electron chi connectivity index (χ2n) is 5.42. The van der Waals surface area contributed by atoms with Crippen LogP contribution in [0.3, 0.4) is 0 Å². The van der Waals surface area contributed by atoms with Gasteiger partial charge in [0, 0.05) is 12.7 Å². The van der Waals surface area contributed by atoms with Crippen LogP contribution in [0.2, 0.25) is 0 Å². The van der Waals surface area contributed by atoms with Crippen molar-refractivity contribution in [2.24, 2.45) is 0 Å². The van der Waals surface area contributed by atoms with Crippen LogP contribution in [0.15, 0.2) is 30.5 Å². The number of carboxylic acid groups (broad SMARTS) is 1. The molecule has 0 spiro atoms. The van der Waals surface area contributed by atoms with Crippen LogP contribution in [0.4, 0.5) is 0 Å². The topological polar surface area (TPSA) is 103 Å². The number of aromatic nitrogens is 2. The zero-order chi connectivity index (χ0) is 18.9. The van der Waals surface area contributed by atoms with Gasteiger partial charge < -0.3 is 19.9 Å². The minimum absolute atomic E-state index is 0.217. The Bertz CT molecular complexity index is 757. The Morgan fingerprint density at radius 1 is 1.15 bits per heavy atom. The maximum atomic E-state index is 12.2. The van der Waals surface area contributed by atoms with E-state index in [1.54, 1.807) is 0 Å². The fraction of sp³-hybridized carbons (Fsp3) is 0.389. The highest BCUT2D eigenvalue weighted by molar-refractivity contribution is 5.92. The Balaban J connectivity index is 1.95. The van der Waals surface area contributed by atoms with Gasteiger partial charge in [-0.05, 0) is 44.0 Å². The number of benzene rings is 1. The van der Waals surface area contributed by atoms with Crippen LogP contribution < -0.4 is 14.8 Å². The fourth-order valence-electron chi connectivity index (χ4n) is 2.44. The first-order valence-corrected chi connectivity index (χ1v) is 8.45. The van der Waals surface area contributed by atoms with Gasteiger partial charge in [-0.1, -0.05) is 6.07 Å². The van der Waals surface area contributed by atoms with Gasteiger partial charge in [-0.25, -0.2) is 4.68 Å². The summed E-state index contributed by atoms with van der Waals surface area (Å²) in [5.74, 6) is -0.0438. The maximum absolute atomic E-state index is 12.2. The molecule has 0 unspecified atom stereocenters. The van der Waals surface area contributed by atoms with Gasteiger partial charge in [0.2, 0.25) is 0 Å². The summed E-state index contributed by atoms with van der Waals surface area (Å²) in [5, 5.41) is 15.5. The van der Waals surface area contributed by atoms with E-state index in [0.717, 1.165) is 10.2 Å².